The summed E-state index contributed by atoms with van der Waals surface area (Å²) in [4.78, 5) is 0. The van der Waals surface area contributed by atoms with Crippen LogP contribution in [0.15, 0.2) is 24.3 Å². The molecule has 0 spiro atoms. The van der Waals surface area contributed by atoms with Gasteiger partial charge in [0.1, 0.15) is 15.6 Å². The molecule has 102 valence electrons. The molecule has 0 radical (unpaired) electrons. The van der Waals surface area contributed by atoms with Gasteiger partial charge in [0.15, 0.2) is 0 Å². The number of rotatable bonds is 6. The molecule has 1 rings (SSSR count). The lowest BCUT2D eigenvalue weighted by Gasteiger charge is -2.20. The number of hydrogen-bond donors (Lipinski definition) is 1. The highest BCUT2D eigenvalue weighted by atomic mass is 32.2. The molecule has 1 unspecified atom stereocenters. The molecule has 0 aliphatic carbocycles. The summed E-state index contributed by atoms with van der Waals surface area (Å²) in [5.74, 6) is 0.961. The molecule has 0 bridgehead atoms. The third-order valence-electron chi connectivity index (χ3n) is 2.70. The van der Waals surface area contributed by atoms with Gasteiger partial charge in [-0.05, 0) is 31.5 Å². The minimum absolute atomic E-state index is 0.0721. The highest BCUT2D eigenvalue weighted by molar-refractivity contribution is 7.90. The van der Waals surface area contributed by atoms with E-state index in [-0.39, 0.29) is 17.8 Å². The molecule has 1 aromatic carbocycles. The fourth-order valence-electron chi connectivity index (χ4n) is 1.92. The van der Waals surface area contributed by atoms with E-state index in [1.807, 2.05) is 38.1 Å². The highest BCUT2D eigenvalue weighted by Gasteiger charge is 2.13. The van der Waals surface area contributed by atoms with E-state index < -0.39 is 9.84 Å². The zero-order chi connectivity index (χ0) is 13.8. The molecule has 2 atom stereocenters. The maximum atomic E-state index is 11.2. The molecule has 0 aliphatic rings. The predicted octanol–water partition coefficient (Wildman–Crippen LogP) is 1.78. The topological polar surface area (TPSA) is 55.4 Å². The first-order chi connectivity index (χ1) is 8.31. The summed E-state index contributed by atoms with van der Waals surface area (Å²) in [7, 11) is -1.31. The minimum Gasteiger partial charge on any atom is -0.497 e. The third-order valence-corrected chi connectivity index (χ3v) is 3.81. The van der Waals surface area contributed by atoms with Crippen molar-refractivity contribution in [2.75, 3.05) is 19.1 Å². The minimum atomic E-state index is -2.94. The average molecular weight is 271 g/mol. The maximum absolute atomic E-state index is 11.2. The monoisotopic (exact) mass is 271 g/mol. The number of sulfone groups is 1. The average Bonchev–Trinajstić information content (AvgIpc) is 2.26. The van der Waals surface area contributed by atoms with E-state index in [4.69, 9.17) is 4.74 Å². The maximum Gasteiger partial charge on any atom is 0.148 e. The van der Waals surface area contributed by atoms with Crippen molar-refractivity contribution in [1.82, 2.24) is 5.32 Å². The molecule has 0 amide bonds. The van der Waals surface area contributed by atoms with Crippen LogP contribution in [-0.4, -0.2) is 33.6 Å². The van der Waals surface area contributed by atoms with Crippen LogP contribution in [0, 0.1) is 0 Å². The number of benzene rings is 1. The first kappa shape index (κ1) is 15.0. The van der Waals surface area contributed by atoms with Crippen LogP contribution in [0.1, 0.15) is 25.5 Å². The van der Waals surface area contributed by atoms with Crippen molar-refractivity contribution in [3.8, 4) is 5.75 Å². The molecule has 0 aromatic heterocycles. The van der Waals surface area contributed by atoms with E-state index in [1.165, 1.54) is 6.26 Å². The lowest BCUT2D eigenvalue weighted by molar-refractivity contribution is 0.414. The molecule has 18 heavy (non-hydrogen) atoms. The van der Waals surface area contributed by atoms with Gasteiger partial charge < -0.3 is 10.1 Å². The van der Waals surface area contributed by atoms with Gasteiger partial charge in [-0.2, -0.15) is 0 Å². The summed E-state index contributed by atoms with van der Waals surface area (Å²) in [6.45, 7) is 3.89. The SMILES string of the molecule is COc1ccc([C@@H](C)NC(C)CS(C)(=O)=O)cc1. The normalized spacial score (nSPS) is 15.1. The van der Waals surface area contributed by atoms with E-state index in [0.717, 1.165) is 11.3 Å². The van der Waals surface area contributed by atoms with E-state index in [9.17, 15) is 8.42 Å². The van der Waals surface area contributed by atoms with Gasteiger partial charge in [0.25, 0.3) is 0 Å². The number of hydrogen-bond acceptors (Lipinski definition) is 4. The molecule has 1 aromatic rings. The summed E-state index contributed by atoms with van der Waals surface area (Å²) >= 11 is 0. The zero-order valence-corrected chi connectivity index (χ0v) is 12.1. The molecular weight excluding hydrogens is 250 g/mol. The van der Waals surface area contributed by atoms with Crippen molar-refractivity contribution in [3.63, 3.8) is 0 Å². The Morgan fingerprint density at radius 3 is 2.22 bits per heavy atom. The smallest absolute Gasteiger partial charge is 0.148 e. The summed E-state index contributed by atoms with van der Waals surface area (Å²) in [5, 5.41) is 3.27. The van der Waals surface area contributed by atoms with Crippen molar-refractivity contribution in [2.24, 2.45) is 0 Å². The number of ether oxygens (including phenoxy) is 1. The van der Waals surface area contributed by atoms with Crippen LogP contribution in [0.3, 0.4) is 0 Å². The second-order valence-electron chi connectivity index (χ2n) is 4.65. The Bertz CT molecular complexity index is 468. The molecule has 5 heteroatoms. The lowest BCUT2D eigenvalue weighted by Crippen LogP contribution is -2.34. The van der Waals surface area contributed by atoms with Crippen LogP contribution >= 0.6 is 0 Å². The predicted molar refractivity (Wildman–Crippen MR) is 73.7 cm³/mol. The summed E-state index contributed by atoms with van der Waals surface area (Å²) < 4.78 is 27.5. The summed E-state index contributed by atoms with van der Waals surface area (Å²) in [6.07, 6.45) is 1.25. The van der Waals surface area contributed by atoms with Gasteiger partial charge in [0.2, 0.25) is 0 Å². The number of methoxy groups -OCH3 is 1. The highest BCUT2D eigenvalue weighted by Crippen LogP contribution is 2.17. The Morgan fingerprint density at radius 1 is 1.22 bits per heavy atom. The van der Waals surface area contributed by atoms with Crippen LogP contribution in [-0.2, 0) is 9.84 Å². The van der Waals surface area contributed by atoms with E-state index >= 15 is 0 Å². The summed E-state index contributed by atoms with van der Waals surface area (Å²) in [6, 6.07) is 7.78. The van der Waals surface area contributed by atoms with Crippen molar-refractivity contribution >= 4 is 9.84 Å². The second-order valence-corrected chi connectivity index (χ2v) is 6.84. The van der Waals surface area contributed by atoms with E-state index in [1.54, 1.807) is 7.11 Å². The Morgan fingerprint density at radius 2 is 1.78 bits per heavy atom. The molecule has 0 aliphatic heterocycles. The zero-order valence-electron chi connectivity index (χ0n) is 11.3. The lowest BCUT2D eigenvalue weighted by atomic mass is 10.1. The fourth-order valence-corrected chi connectivity index (χ4v) is 2.92. The molecule has 1 N–H and O–H groups in total. The molecule has 0 fully saturated rings. The van der Waals surface area contributed by atoms with Gasteiger partial charge in [-0.25, -0.2) is 8.42 Å². The Labute approximate surface area is 109 Å². The van der Waals surface area contributed by atoms with Crippen LogP contribution in [0.2, 0.25) is 0 Å². The van der Waals surface area contributed by atoms with Crippen LogP contribution in [0.4, 0.5) is 0 Å². The Hall–Kier alpha value is -1.07. The van der Waals surface area contributed by atoms with Crippen molar-refractivity contribution < 1.29 is 13.2 Å². The molecule has 0 saturated carbocycles. The Balaban J connectivity index is 2.61. The van der Waals surface area contributed by atoms with Gasteiger partial charge in [-0.3, -0.25) is 0 Å². The quantitative estimate of drug-likeness (QED) is 0.857. The van der Waals surface area contributed by atoms with E-state index in [0.29, 0.717) is 0 Å². The van der Waals surface area contributed by atoms with E-state index in [2.05, 4.69) is 5.32 Å². The summed E-state index contributed by atoms with van der Waals surface area (Å²) in [5.41, 5.74) is 1.11. The van der Waals surface area contributed by atoms with Crippen LogP contribution in [0.5, 0.6) is 5.75 Å². The Kier molecular flexibility index (Phi) is 5.16. The molecule has 0 heterocycles. The molecular formula is C13H21NO3S. The number of nitrogens with one attached hydrogen (secondary N) is 1. The largest absolute Gasteiger partial charge is 0.497 e. The van der Waals surface area contributed by atoms with Gasteiger partial charge in [0, 0.05) is 18.3 Å². The first-order valence-electron chi connectivity index (χ1n) is 5.89. The van der Waals surface area contributed by atoms with Gasteiger partial charge in [0.05, 0.1) is 12.9 Å². The van der Waals surface area contributed by atoms with Crippen LogP contribution < -0.4 is 10.1 Å². The standard InChI is InChI=1S/C13H21NO3S/c1-10(9-18(4,15)16)14-11(2)12-5-7-13(17-3)8-6-12/h5-8,10-11,14H,9H2,1-4H3/t10?,11-/m1/s1. The second kappa shape index (κ2) is 6.20. The van der Waals surface area contributed by atoms with Crippen molar-refractivity contribution in [2.45, 2.75) is 25.9 Å². The van der Waals surface area contributed by atoms with Gasteiger partial charge in [-0.15, -0.1) is 0 Å². The van der Waals surface area contributed by atoms with Gasteiger partial charge >= 0.3 is 0 Å². The van der Waals surface area contributed by atoms with Gasteiger partial charge in [-0.1, -0.05) is 12.1 Å². The van der Waals surface area contributed by atoms with Crippen molar-refractivity contribution in [1.29, 1.82) is 0 Å². The van der Waals surface area contributed by atoms with Crippen molar-refractivity contribution in [3.05, 3.63) is 29.8 Å². The fraction of sp³-hybridized carbons (Fsp3) is 0.538. The molecule has 4 nitrogen and oxygen atoms in total. The molecule has 0 saturated heterocycles. The third kappa shape index (κ3) is 5.06. The van der Waals surface area contributed by atoms with Crippen LogP contribution in [0.25, 0.3) is 0 Å². The first-order valence-corrected chi connectivity index (χ1v) is 7.95.